The summed E-state index contributed by atoms with van der Waals surface area (Å²) in [6, 6.07) is 3.51. The van der Waals surface area contributed by atoms with Crippen LogP contribution in [-0.4, -0.2) is 30.4 Å². The molecule has 1 N–H and O–H groups in total. The Bertz CT molecular complexity index is 875. The molecule has 0 saturated carbocycles. The highest BCUT2D eigenvalue weighted by Crippen LogP contribution is 2.27. The molecule has 2 aromatic rings. The number of aromatic nitrogens is 2. The highest BCUT2D eigenvalue weighted by atomic mass is 32.2. The lowest BCUT2D eigenvalue weighted by atomic mass is 10.3. The number of nitrogens with zero attached hydrogens (tertiary/aromatic N) is 2. The Morgan fingerprint density at radius 2 is 1.96 bits per heavy atom. The van der Waals surface area contributed by atoms with Crippen molar-refractivity contribution in [3.05, 3.63) is 42.0 Å². The van der Waals surface area contributed by atoms with Crippen LogP contribution < -0.4 is 5.32 Å². The van der Waals surface area contributed by atoms with Crippen molar-refractivity contribution in [3.63, 3.8) is 0 Å². The van der Waals surface area contributed by atoms with E-state index in [-0.39, 0.29) is 4.90 Å². The maximum atomic E-state index is 13.6. The Balaban J connectivity index is 2.14. The first-order valence-corrected chi connectivity index (χ1v) is 8.26. The SMILES string of the molecule is CS(=O)(=O)c1ccc(F)c(NC(=O)Cn2ccc(C(F)(F)F)n2)c1. The summed E-state index contributed by atoms with van der Waals surface area (Å²) in [5.41, 5.74) is -1.56. The molecule has 0 bridgehead atoms. The van der Waals surface area contributed by atoms with Crippen LogP contribution in [0.1, 0.15) is 5.69 Å². The van der Waals surface area contributed by atoms with Crippen molar-refractivity contribution in [2.24, 2.45) is 0 Å². The average Bonchev–Trinajstić information content (AvgIpc) is 2.88. The molecule has 130 valence electrons. The van der Waals surface area contributed by atoms with Crippen LogP contribution in [0, 0.1) is 5.82 Å². The molecule has 0 fully saturated rings. The second-order valence-corrected chi connectivity index (χ2v) is 6.87. The summed E-state index contributed by atoms with van der Waals surface area (Å²) in [5, 5.41) is 5.28. The Morgan fingerprint density at radius 1 is 1.29 bits per heavy atom. The Morgan fingerprint density at radius 3 is 2.50 bits per heavy atom. The molecule has 1 aromatic carbocycles. The molecule has 1 heterocycles. The number of rotatable bonds is 4. The molecule has 2 rings (SSSR count). The predicted octanol–water partition coefficient (Wildman–Crippen LogP) is 2.08. The molecule has 11 heteroatoms. The Hall–Kier alpha value is -2.43. The topological polar surface area (TPSA) is 81.1 Å². The zero-order valence-corrected chi connectivity index (χ0v) is 12.9. The summed E-state index contributed by atoms with van der Waals surface area (Å²) < 4.78 is 74.4. The third-order valence-electron chi connectivity index (χ3n) is 2.88. The number of nitrogens with one attached hydrogen (secondary N) is 1. The molecule has 1 amide bonds. The molecule has 24 heavy (non-hydrogen) atoms. The second-order valence-electron chi connectivity index (χ2n) is 4.86. The van der Waals surface area contributed by atoms with E-state index in [0.717, 1.165) is 35.3 Å². The quantitative estimate of drug-likeness (QED) is 0.665. The average molecular weight is 365 g/mol. The number of sulfone groups is 1. The summed E-state index contributed by atoms with van der Waals surface area (Å²) in [7, 11) is -3.61. The molecule has 0 saturated heterocycles. The van der Waals surface area contributed by atoms with E-state index in [9.17, 15) is 30.8 Å². The van der Waals surface area contributed by atoms with Crippen LogP contribution in [0.15, 0.2) is 35.4 Å². The van der Waals surface area contributed by atoms with Gasteiger partial charge in [-0.3, -0.25) is 9.48 Å². The van der Waals surface area contributed by atoms with E-state index < -0.39 is 45.7 Å². The number of amides is 1. The zero-order valence-electron chi connectivity index (χ0n) is 12.1. The van der Waals surface area contributed by atoms with Crippen LogP contribution in [0.2, 0.25) is 0 Å². The lowest BCUT2D eigenvalue weighted by Gasteiger charge is -2.08. The standard InChI is InChI=1S/C13H11F4N3O3S/c1-24(22,23)8-2-3-9(14)10(6-8)18-12(21)7-20-5-4-11(19-20)13(15,16)17/h2-6H,7H2,1H3,(H,18,21). The van der Waals surface area contributed by atoms with Gasteiger partial charge in [-0.15, -0.1) is 0 Å². The van der Waals surface area contributed by atoms with E-state index in [0.29, 0.717) is 6.07 Å². The van der Waals surface area contributed by atoms with E-state index in [1.807, 2.05) is 0 Å². The van der Waals surface area contributed by atoms with Gasteiger partial charge in [-0.05, 0) is 24.3 Å². The smallest absolute Gasteiger partial charge is 0.322 e. The molecule has 0 aliphatic heterocycles. The number of hydrogen-bond acceptors (Lipinski definition) is 4. The lowest BCUT2D eigenvalue weighted by molar-refractivity contribution is -0.141. The van der Waals surface area contributed by atoms with Gasteiger partial charge in [0.1, 0.15) is 12.4 Å². The van der Waals surface area contributed by atoms with Crippen LogP contribution in [0.4, 0.5) is 23.2 Å². The summed E-state index contributed by atoms with van der Waals surface area (Å²) in [6.45, 7) is -0.599. The molecule has 6 nitrogen and oxygen atoms in total. The molecule has 0 atom stereocenters. The van der Waals surface area contributed by atoms with Gasteiger partial charge in [0.15, 0.2) is 15.5 Å². The Kier molecular flexibility index (Phi) is 4.65. The van der Waals surface area contributed by atoms with Gasteiger partial charge in [0.25, 0.3) is 0 Å². The molecule has 0 unspecified atom stereocenters. The molecule has 0 aliphatic rings. The summed E-state index contributed by atoms with van der Waals surface area (Å²) in [5.74, 6) is -1.75. The van der Waals surface area contributed by atoms with E-state index in [1.54, 1.807) is 0 Å². The minimum atomic E-state index is -4.64. The van der Waals surface area contributed by atoms with E-state index >= 15 is 0 Å². The number of alkyl halides is 3. The van der Waals surface area contributed by atoms with Gasteiger partial charge in [0.2, 0.25) is 5.91 Å². The van der Waals surface area contributed by atoms with Crippen molar-refractivity contribution < 1.29 is 30.8 Å². The molecule has 0 radical (unpaired) electrons. The molecule has 0 aliphatic carbocycles. The predicted molar refractivity (Wildman–Crippen MR) is 75.4 cm³/mol. The number of carbonyl (C=O) groups is 1. The van der Waals surface area contributed by atoms with Crippen LogP contribution in [-0.2, 0) is 27.4 Å². The van der Waals surface area contributed by atoms with E-state index in [2.05, 4.69) is 10.4 Å². The Labute approximate surface area is 134 Å². The number of anilines is 1. The minimum absolute atomic E-state index is 0.211. The first-order chi connectivity index (χ1) is 11.0. The van der Waals surface area contributed by atoms with Gasteiger partial charge in [-0.25, -0.2) is 12.8 Å². The van der Waals surface area contributed by atoms with Crippen molar-refractivity contribution in [3.8, 4) is 0 Å². The van der Waals surface area contributed by atoms with Crippen molar-refractivity contribution in [2.45, 2.75) is 17.6 Å². The summed E-state index contributed by atoms with van der Waals surface area (Å²) >= 11 is 0. The number of halogens is 4. The second kappa shape index (κ2) is 6.23. The fourth-order valence-electron chi connectivity index (χ4n) is 1.77. The number of benzene rings is 1. The third kappa shape index (κ3) is 4.31. The lowest BCUT2D eigenvalue weighted by Crippen LogP contribution is -2.20. The van der Waals surface area contributed by atoms with Gasteiger partial charge in [0, 0.05) is 12.5 Å². The highest BCUT2D eigenvalue weighted by molar-refractivity contribution is 7.90. The van der Waals surface area contributed by atoms with Crippen molar-refractivity contribution in [1.82, 2.24) is 9.78 Å². The van der Waals surface area contributed by atoms with E-state index in [4.69, 9.17) is 0 Å². The fraction of sp³-hybridized carbons (Fsp3) is 0.231. The fourth-order valence-corrected chi connectivity index (χ4v) is 2.42. The maximum absolute atomic E-state index is 13.6. The molecule has 1 aromatic heterocycles. The maximum Gasteiger partial charge on any atom is 0.435 e. The van der Waals surface area contributed by atoms with E-state index in [1.165, 1.54) is 0 Å². The molecule has 0 spiro atoms. The van der Waals surface area contributed by atoms with Crippen molar-refractivity contribution >= 4 is 21.4 Å². The third-order valence-corrected chi connectivity index (χ3v) is 3.99. The first-order valence-electron chi connectivity index (χ1n) is 6.37. The summed E-state index contributed by atoms with van der Waals surface area (Å²) in [6.07, 6.45) is -2.78. The summed E-state index contributed by atoms with van der Waals surface area (Å²) in [4.78, 5) is 11.6. The van der Waals surface area contributed by atoms with Gasteiger partial charge in [-0.1, -0.05) is 0 Å². The van der Waals surface area contributed by atoms with Gasteiger partial charge < -0.3 is 5.32 Å². The largest absolute Gasteiger partial charge is 0.435 e. The number of hydrogen-bond donors (Lipinski definition) is 1. The molecular weight excluding hydrogens is 354 g/mol. The van der Waals surface area contributed by atoms with Crippen LogP contribution in [0.3, 0.4) is 0 Å². The monoisotopic (exact) mass is 365 g/mol. The van der Waals surface area contributed by atoms with Crippen molar-refractivity contribution in [2.75, 3.05) is 11.6 Å². The van der Waals surface area contributed by atoms with Crippen LogP contribution in [0.5, 0.6) is 0 Å². The highest BCUT2D eigenvalue weighted by Gasteiger charge is 2.33. The molecular formula is C13H11F4N3O3S. The van der Waals surface area contributed by atoms with Gasteiger partial charge >= 0.3 is 6.18 Å². The van der Waals surface area contributed by atoms with Crippen molar-refractivity contribution in [1.29, 1.82) is 0 Å². The van der Waals surface area contributed by atoms with Gasteiger partial charge in [-0.2, -0.15) is 18.3 Å². The normalized spacial score (nSPS) is 12.2. The van der Waals surface area contributed by atoms with Gasteiger partial charge in [0.05, 0.1) is 10.6 Å². The van der Waals surface area contributed by atoms with Crippen LogP contribution in [0.25, 0.3) is 0 Å². The number of carbonyl (C=O) groups excluding carboxylic acids is 1. The van der Waals surface area contributed by atoms with Crippen LogP contribution >= 0.6 is 0 Å². The first kappa shape index (κ1) is 17.9. The zero-order chi connectivity index (χ0) is 18.1. The minimum Gasteiger partial charge on any atom is -0.322 e.